The van der Waals surface area contributed by atoms with Gasteiger partial charge in [0.2, 0.25) is 0 Å². The summed E-state index contributed by atoms with van der Waals surface area (Å²) in [7, 11) is 0. The van der Waals surface area contributed by atoms with E-state index in [-0.39, 0.29) is 0 Å². The molecule has 9 aromatic rings. The summed E-state index contributed by atoms with van der Waals surface area (Å²) in [4.78, 5) is 19.5. The van der Waals surface area contributed by atoms with Gasteiger partial charge < -0.3 is 4.42 Å². The van der Waals surface area contributed by atoms with Crippen molar-refractivity contribution in [2.45, 2.75) is 0 Å². The van der Waals surface area contributed by atoms with Gasteiger partial charge >= 0.3 is 0 Å². The fourth-order valence-corrected chi connectivity index (χ4v) is 6.04. The van der Waals surface area contributed by atoms with E-state index in [2.05, 4.69) is 84.9 Å². The highest BCUT2D eigenvalue weighted by molar-refractivity contribution is 6.15. The Labute approximate surface area is 258 Å². The third-order valence-electron chi connectivity index (χ3n) is 8.36. The molecule has 9 rings (SSSR count). The lowest BCUT2D eigenvalue weighted by molar-refractivity contribution is 0.670. The summed E-state index contributed by atoms with van der Waals surface area (Å²) < 4.78 is 6.27. The number of pyridine rings is 1. The standard InChI is InChI=1S/C40H24N4O/c1-2-10-28(11-3-1)38-42-39(44-40(43-38)31-19-14-25-8-4-5-12-30(25)22-31)29-17-15-27(16-18-29)35-23-34-33-21-20-26-9-6-7-13-32(26)37(33)45-36(34)24-41-35/h1-24H. The molecule has 0 bridgehead atoms. The van der Waals surface area contributed by atoms with Crippen molar-refractivity contribution in [2.24, 2.45) is 0 Å². The van der Waals surface area contributed by atoms with Crippen molar-refractivity contribution in [1.82, 2.24) is 19.9 Å². The molecule has 0 amide bonds. The summed E-state index contributed by atoms with van der Waals surface area (Å²) in [5.41, 5.74) is 6.35. The van der Waals surface area contributed by atoms with Crippen LogP contribution in [0.4, 0.5) is 0 Å². The summed E-state index contributed by atoms with van der Waals surface area (Å²) in [6, 6.07) is 47.6. The lowest BCUT2D eigenvalue weighted by Crippen LogP contribution is -2.00. The topological polar surface area (TPSA) is 64.7 Å². The summed E-state index contributed by atoms with van der Waals surface area (Å²) in [6.07, 6.45) is 1.82. The molecular formula is C40H24N4O. The molecule has 0 aliphatic carbocycles. The summed E-state index contributed by atoms with van der Waals surface area (Å²) in [6.45, 7) is 0. The lowest BCUT2D eigenvalue weighted by atomic mass is 10.0. The van der Waals surface area contributed by atoms with Crippen LogP contribution in [0.15, 0.2) is 150 Å². The average molecular weight is 577 g/mol. The number of hydrogen-bond donors (Lipinski definition) is 0. The quantitative estimate of drug-likeness (QED) is 0.209. The maximum Gasteiger partial charge on any atom is 0.164 e. The highest BCUT2D eigenvalue weighted by atomic mass is 16.3. The second-order valence-electron chi connectivity index (χ2n) is 11.1. The first kappa shape index (κ1) is 25.3. The van der Waals surface area contributed by atoms with Gasteiger partial charge in [0.1, 0.15) is 5.58 Å². The van der Waals surface area contributed by atoms with Crippen LogP contribution in [-0.2, 0) is 0 Å². The zero-order chi connectivity index (χ0) is 29.7. The number of hydrogen-bond acceptors (Lipinski definition) is 5. The van der Waals surface area contributed by atoms with Gasteiger partial charge in [-0.05, 0) is 34.4 Å². The number of fused-ring (bicyclic) bond motifs is 6. The molecule has 0 saturated heterocycles. The van der Waals surface area contributed by atoms with Gasteiger partial charge in [0, 0.05) is 38.4 Å². The van der Waals surface area contributed by atoms with Crippen molar-refractivity contribution in [3.05, 3.63) is 146 Å². The minimum Gasteiger partial charge on any atom is -0.454 e. The maximum atomic E-state index is 6.27. The number of furan rings is 1. The molecule has 0 atom stereocenters. The third-order valence-corrected chi connectivity index (χ3v) is 8.36. The Morgan fingerprint density at radius 1 is 0.400 bits per heavy atom. The Kier molecular flexibility index (Phi) is 5.74. The maximum absolute atomic E-state index is 6.27. The van der Waals surface area contributed by atoms with E-state index in [1.165, 1.54) is 5.39 Å². The van der Waals surface area contributed by atoms with Crippen LogP contribution >= 0.6 is 0 Å². The molecule has 0 spiro atoms. The number of nitrogens with zero attached hydrogens (tertiary/aromatic N) is 4. The summed E-state index contributed by atoms with van der Waals surface area (Å²) in [5.74, 6) is 1.90. The molecule has 0 saturated carbocycles. The zero-order valence-corrected chi connectivity index (χ0v) is 24.1. The minimum atomic E-state index is 0.620. The molecule has 0 aliphatic heterocycles. The van der Waals surface area contributed by atoms with Crippen molar-refractivity contribution in [1.29, 1.82) is 0 Å². The number of rotatable bonds is 4. The van der Waals surface area contributed by atoms with Gasteiger partial charge in [-0.2, -0.15) is 0 Å². The lowest BCUT2D eigenvalue weighted by Gasteiger charge is -2.09. The molecule has 0 N–H and O–H groups in total. The van der Waals surface area contributed by atoms with E-state index in [4.69, 9.17) is 24.4 Å². The monoisotopic (exact) mass is 576 g/mol. The minimum absolute atomic E-state index is 0.620. The smallest absolute Gasteiger partial charge is 0.164 e. The van der Waals surface area contributed by atoms with Crippen LogP contribution in [-0.4, -0.2) is 19.9 Å². The fourth-order valence-electron chi connectivity index (χ4n) is 6.04. The van der Waals surface area contributed by atoms with Crippen molar-refractivity contribution in [2.75, 3.05) is 0 Å². The molecule has 3 heterocycles. The first-order valence-corrected chi connectivity index (χ1v) is 14.9. The number of aromatic nitrogens is 4. The van der Waals surface area contributed by atoms with Gasteiger partial charge in [0.25, 0.3) is 0 Å². The van der Waals surface area contributed by atoms with E-state index < -0.39 is 0 Å². The van der Waals surface area contributed by atoms with Gasteiger partial charge in [-0.25, -0.2) is 15.0 Å². The molecule has 0 fully saturated rings. The molecule has 0 radical (unpaired) electrons. The van der Waals surface area contributed by atoms with Gasteiger partial charge in [0.05, 0.1) is 11.9 Å². The van der Waals surface area contributed by atoms with Gasteiger partial charge in [-0.15, -0.1) is 0 Å². The van der Waals surface area contributed by atoms with E-state index in [1.54, 1.807) is 0 Å². The molecular weight excluding hydrogens is 552 g/mol. The van der Waals surface area contributed by atoms with Crippen molar-refractivity contribution in [3.8, 4) is 45.4 Å². The molecule has 0 aliphatic rings. The average Bonchev–Trinajstić information content (AvgIpc) is 3.50. The second-order valence-corrected chi connectivity index (χ2v) is 11.1. The highest BCUT2D eigenvalue weighted by Gasteiger charge is 2.15. The second kappa shape index (κ2) is 10.2. The molecule has 5 heteroatoms. The van der Waals surface area contributed by atoms with Crippen LogP contribution in [0.3, 0.4) is 0 Å². The predicted molar refractivity (Wildman–Crippen MR) is 182 cm³/mol. The summed E-state index contributed by atoms with van der Waals surface area (Å²) >= 11 is 0. The fraction of sp³-hybridized carbons (Fsp3) is 0. The number of benzene rings is 6. The molecule has 3 aromatic heterocycles. The molecule has 0 unspecified atom stereocenters. The van der Waals surface area contributed by atoms with Crippen molar-refractivity contribution < 1.29 is 4.42 Å². The highest BCUT2D eigenvalue weighted by Crippen LogP contribution is 2.36. The van der Waals surface area contributed by atoms with Crippen LogP contribution in [0.2, 0.25) is 0 Å². The molecule has 5 nitrogen and oxygen atoms in total. The summed E-state index contributed by atoms with van der Waals surface area (Å²) in [5, 5.41) is 6.72. The van der Waals surface area contributed by atoms with E-state index in [0.717, 1.165) is 66.0 Å². The van der Waals surface area contributed by atoms with Crippen LogP contribution in [0, 0.1) is 0 Å². The molecule has 210 valence electrons. The van der Waals surface area contributed by atoms with E-state index in [9.17, 15) is 0 Å². The van der Waals surface area contributed by atoms with Crippen LogP contribution in [0.25, 0.3) is 88.9 Å². The normalized spacial score (nSPS) is 11.6. The Morgan fingerprint density at radius 2 is 1.00 bits per heavy atom. The van der Waals surface area contributed by atoms with Gasteiger partial charge in [0.15, 0.2) is 23.1 Å². The van der Waals surface area contributed by atoms with E-state index in [1.807, 2.05) is 60.8 Å². The molecule has 6 aromatic carbocycles. The zero-order valence-electron chi connectivity index (χ0n) is 24.1. The Bertz CT molecular complexity index is 2540. The van der Waals surface area contributed by atoms with Gasteiger partial charge in [-0.3, -0.25) is 4.98 Å². The van der Waals surface area contributed by atoms with Gasteiger partial charge in [-0.1, -0.05) is 121 Å². The van der Waals surface area contributed by atoms with Crippen molar-refractivity contribution >= 4 is 43.5 Å². The Morgan fingerprint density at radius 3 is 1.80 bits per heavy atom. The van der Waals surface area contributed by atoms with Crippen LogP contribution in [0.5, 0.6) is 0 Å². The Hall–Kier alpha value is -6.20. The first-order valence-electron chi connectivity index (χ1n) is 14.9. The van der Waals surface area contributed by atoms with Crippen LogP contribution in [0.1, 0.15) is 0 Å². The predicted octanol–water partition coefficient (Wildman–Crippen LogP) is 10.1. The first-order chi connectivity index (χ1) is 22.3. The molecule has 45 heavy (non-hydrogen) atoms. The van der Waals surface area contributed by atoms with Crippen molar-refractivity contribution in [3.63, 3.8) is 0 Å². The van der Waals surface area contributed by atoms with E-state index >= 15 is 0 Å². The Balaban J connectivity index is 1.12. The largest absolute Gasteiger partial charge is 0.454 e. The van der Waals surface area contributed by atoms with Crippen LogP contribution < -0.4 is 0 Å². The van der Waals surface area contributed by atoms with E-state index in [0.29, 0.717) is 17.5 Å². The third kappa shape index (κ3) is 4.41. The SMILES string of the molecule is c1ccc(-c2nc(-c3ccc(-c4cc5c(cn4)oc4c6ccccc6ccc54)cc3)nc(-c3ccc4ccccc4c3)n2)cc1.